The van der Waals surface area contributed by atoms with E-state index in [0.29, 0.717) is 17.1 Å². The van der Waals surface area contributed by atoms with Crippen LogP contribution in [0, 0.1) is 13.8 Å². The van der Waals surface area contributed by atoms with Crippen molar-refractivity contribution in [3.05, 3.63) is 45.7 Å². The molecule has 0 unspecified atom stereocenters. The van der Waals surface area contributed by atoms with Gasteiger partial charge in [0.05, 0.1) is 23.8 Å². The molecule has 0 aliphatic rings. The zero-order valence-electron chi connectivity index (χ0n) is 16.4. The van der Waals surface area contributed by atoms with E-state index in [4.69, 9.17) is 25.8 Å². The van der Waals surface area contributed by atoms with Crippen LogP contribution in [0.4, 0.5) is 0 Å². The van der Waals surface area contributed by atoms with Gasteiger partial charge in [-0.1, -0.05) is 11.6 Å². The summed E-state index contributed by atoms with van der Waals surface area (Å²) >= 11 is 6.22. The minimum Gasteiger partial charge on any atom is -0.493 e. The Morgan fingerprint density at radius 2 is 1.85 bits per heavy atom. The van der Waals surface area contributed by atoms with Crippen molar-refractivity contribution in [1.82, 2.24) is 4.57 Å². The molecule has 1 aromatic carbocycles. The normalized spacial score (nSPS) is 10.8. The molecule has 2 rings (SSSR count). The number of methoxy groups -OCH3 is 1. The SMILES string of the molecule is COc1cc(C(=O)OCC(=O)c2cc(C)n(C)c2C)cc(Cl)c1OC(C)C. The Hall–Kier alpha value is -2.47. The molecule has 0 amide bonds. The fraction of sp³-hybridized carbons (Fsp3) is 0.400. The van der Waals surface area contributed by atoms with Gasteiger partial charge in [0.1, 0.15) is 0 Å². The Morgan fingerprint density at radius 3 is 2.37 bits per heavy atom. The third-order valence-electron chi connectivity index (χ3n) is 4.23. The van der Waals surface area contributed by atoms with Crippen molar-refractivity contribution in [3.63, 3.8) is 0 Å². The second-order valence-electron chi connectivity index (χ2n) is 6.50. The molecule has 1 aromatic heterocycles. The van der Waals surface area contributed by atoms with Crippen LogP contribution < -0.4 is 9.47 Å². The lowest BCUT2D eigenvalue weighted by Gasteiger charge is -2.16. The van der Waals surface area contributed by atoms with Gasteiger partial charge in [-0.25, -0.2) is 4.79 Å². The number of benzene rings is 1. The summed E-state index contributed by atoms with van der Waals surface area (Å²) in [5, 5.41) is 0.232. The maximum Gasteiger partial charge on any atom is 0.338 e. The molecule has 0 bridgehead atoms. The predicted octanol–water partition coefficient (Wildman–Crippen LogP) is 4.13. The molecular weight excluding hydrogens is 370 g/mol. The van der Waals surface area contributed by atoms with E-state index in [-0.39, 0.29) is 29.1 Å². The number of aryl methyl sites for hydroxylation is 1. The van der Waals surface area contributed by atoms with Crippen LogP contribution in [0.25, 0.3) is 0 Å². The van der Waals surface area contributed by atoms with Crippen LogP contribution in [-0.4, -0.2) is 36.1 Å². The quantitative estimate of drug-likeness (QED) is 0.522. The number of hydrogen-bond acceptors (Lipinski definition) is 5. The number of nitrogens with zero attached hydrogens (tertiary/aromatic N) is 1. The van der Waals surface area contributed by atoms with Crippen molar-refractivity contribution in [2.75, 3.05) is 13.7 Å². The fourth-order valence-corrected chi connectivity index (χ4v) is 2.87. The summed E-state index contributed by atoms with van der Waals surface area (Å²) in [6, 6.07) is 4.70. The van der Waals surface area contributed by atoms with Crippen molar-refractivity contribution < 1.29 is 23.8 Å². The molecule has 146 valence electrons. The first kappa shape index (κ1) is 20.8. The van der Waals surface area contributed by atoms with Crippen LogP contribution in [-0.2, 0) is 11.8 Å². The summed E-state index contributed by atoms with van der Waals surface area (Å²) in [6.07, 6.45) is -0.107. The highest BCUT2D eigenvalue weighted by atomic mass is 35.5. The van der Waals surface area contributed by atoms with E-state index in [0.717, 1.165) is 11.4 Å². The molecule has 0 radical (unpaired) electrons. The van der Waals surface area contributed by atoms with Crippen LogP contribution in [0.15, 0.2) is 18.2 Å². The van der Waals surface area contributed by atoms with Crippen LogP contribution in [0.1, 0.15) is 46.0 Å². The van der Waals surface area contributed by atoms with E-state index in [1.807, 2.05) is 39.3 Å². The van der Waals surface area contributed by atoms with E-state index in [2.05, 4.69) is 0 Å². The van der Waals surface area contributed by atoms with Gasteiger partial charge in [-0.05, 0) is 45.9 Å². The second kappa shape index (κ2) is 8.48. The number of esters is 1. The lowest BCUT2D eigenvalue weighted by molar-refractivity contribution is 0.0474. The third-order valence-corrected chi connectivity index (χ3v) is 4.51. The van der Waals surface area contributed by atoms with Crippen molar-refractivity contribution in [3.8, 4) is 11.5 Å². The number of hydrogen-bond donors (Lipinski definition) is 0. The van der Waals surface area contributed by atoms with Gasteiger partial charge in [-0.3, -0.25) is 4.79 Å². The number of rotatable bonds is 7. The Morgan fingerprint density at radius 1 is 1.19 bits per heavy atom. The highest BCUT2D eigenvalue weighted by molar-refractivity contribution is 6.32. The molecule has 0 fully saturated rings. The average Bonchev–Trinajstić information content (AvgIpc) is 2.88. The molecule has 2 aromatic rings. The first-order valence-electron chi connectivity index (χ1n) is 8.53. The topological polar surface area (TPSA) is 66.8 Å². The van der Waals surface area contributed by atoms with E-state index >= 15 is 0 Å². The van der Waals surface area contributed by atoms with Crippen molar-refractivity contribution >= 4 is 23.4 Å². The largest absolute Gasteiger partial charge is 0.493 e. The third kappa shape index (κ3) is 4.63. The van der Waals surface area contributed by atoms with Crippen molar-refractivity contribution in [1.29, 1.82) is 0 Å². The molecule has 0 N–H and O–H groups in total. The van der Waals surface area contributed by atoms with Gasteiger partial charge in [-0.2, -0.15) is 0 Å². The van der Waals surface area contributed by atoms with Gasteiger partial charge in [-0.15, -0.1) is 0 Å². The minimum atomic E-state index is -0.662. The number of Topliss-reactive ketones (excluding diaryl/α,β-unsaturated/α-hetero) is 1. The molecule has 0 atom stereocenters. The standard InChI is InChI=1S/C20H24ClNO5/c1-11(2)27-19-16(21)8-14(9-18(19)25-6)20(24)26-10-17(23)15-7-12(3)22(5)13(15)4/h7-9,11H,10H2,1-6H3. The van der Waals surface area contributed by atoms with Gasteiger partial charge in [0.25, 0.3) is 0 Å². The number of ether oxygens (including phenoxy) is 3. The lowest BCUT2D eigenvalue weighted by Crippen LogP contribution is -2.15. The summed E-state index contributed by atoms with van der Waals surface area (Å²) in [7, 11) is 3.33. The number of ketones is 1. The number of carbonyl (C=O) groups is 2. The number of aromatic nitrogens is 1. The second-order valence-corrected chi connectivity index (χ2v) is 6.91. The Kier molecular flexibility index (Phi) is 6.54. The fourth-order valence-electron chi connectivity index (χ4n) is 2.62. The molecule has 6 nitrogen and oxygen atoms in total. The summed E-state index contributed by atoms with van der Waals surface area (Å²) in [5.74, 6) is -0.242. The molecule has 7 heteroatoms. The van der Waals surface area contributed by atoms with Gasteiger partial charge in [0, 0.05) is 24.0 Å². The van der Waals surface area contributed by atoms with Crippen molar-refractivity contribution in [2.24, 2.45) is 7.05 Å². The summed E-state index contributed by atoms with van der Waals surface area (Å²) in [5.41, 5.74) is 2.51. The van der Waals surface area contributed by atoms with E-state index in [1.165, 1.54) is 19.2 Å². The molecule has 0 spiro atoms. The van der Waals surface area contributed by atoms with Crippen LogP contribution in [0.5, 0.6) is 11.5 Å². The number of halogens is 1. The molecule has 0 saturated heterocycles. The highest BCUT2D eigenvalue weighted by Crippen LogP contribution is 2.37. The average molecular weight is 394 g/mol. The van der Waals surface area contributed by atoms with E-state index < -0.39 is 5.97 Å². The first-order chi connectivity index (χ1) is 12.6. The highest BCUT2D eigenvalue weighted by Gasteiger charge is 2.20. The predicted molar refractivity (Wildman–Crippen MR) is 103 cm³/mol. The zero-order valence-corrected chi connectivity index (χ0v) is 17.1. The first-order valence-corrected chi connectivity index (χ1v) is 8.90. The molecule has 0 aliphatic heterocycles. The van der Waals surface area contributed by atoms with Crippen molar-refractivity contribution in [2.45, 2.75) is 33.8 Å². The molecule has 27 heavy (non-hydrogen) atoms. The summed E-state index contributed by atoms with van der Waals surface area (Å²) in [6.45, 7) is 7.12. The lowest BCUT2D eigenvalue weighted by atomic mass is 10.1. The minimum absolute atomic E-state index is 0.107. The van der Waals surface area contributed by atoms with Gasteiger partial charge in [0.2, 0.25) is 5.78 Å². The molecule has 1 heterocycles. The van der Waals surface area contributed by atoms with Crippen LogP contribution in [0.2, 0.25) is 5.02 Å². The van der Waals surface area contributed by atoms with Crippen LogP contribution >= 0.6 is 11.6 Å². The Labute approximate surface area is 164 Å². The summed E-state index contributed by atoms with van der Waals surface area (Å²) < 4.78 is 18.0. The maximum atomic E-state index is 12.4. The van der Waals surface area contributed by atoms with Gasteiger partial charge >= 0.3 is 5.97 Å². The van der Waals surface area contributed by atoms with Gasteiger partial charge < -0.3 is 18.8 Å². The molecule has 0 aliphatic carbocycles. The van der Waals surface area contributed by atoms with Gasteiger partial charge in [0.15, 0.2) is 18.1 Å². The summed E-state index contributed by atoms with van der Waals surface area (Å²) in [4.78, 5) is 24.7. The number of carbonyl (C=O) groups excluding carboxylic acids is 2. The monoisotopic (exact) mass is 393 g/mol. The molecule has 0 saturated carbocycles. The Balaban J connectivity index is 2.15. The van der Waals surface area contributed by atoms with E-state index in [9.17, 15) is 9.59 Å². The maximum absolute atomic E-state index is 12.4. The van der Waals surface area contributed by atoms with Crippen LogP contribution in [0.3, 0.4) is 0 Å². The molecular formula is C20H24ClNO5. The zero-order chi connectivity index (χ0) is 20.3. The van der Waals surface area contributed by atoms with E-state index in [1.54, 1.807) is 6.07 Å². The Bertz CT molecular complexity index is 870. The smallest absolute Gasteiger partial charge is 0.338 e.